The average molecular weight is 430 g/mol. The van der Waals surface area contributed by atoms with Gasteiger partial charge in [0.2, 0.25) is 0 Å². The van der Waals surface area contributed by atoms with Gasteiger partial charge in [-0.3, -0.25) is 0 Å². The Bertz CT molecular complexity index is 1220. The molecule has 3 aromatic rings. The van der Waals surface area contributed by atoms with Crippen molar-refractivity contribution in [3.8, 4) is 5.75 Å². The lowest BCUT2D eigenvalue weighted by atomic mass is 9.82. The normalized spacial score (nSPS) is 12.4. The Labute approximate surface area is 195 Å². The van der Waals surface area contributed by atoms with Gasteiger partial charge in [0.05, 0.1) is 7.11 Å². The Morgan fingerprint density at radius 2 is 1.06 bits per heavy atom. The molecule has 0 saturated heterocycles. The lowest BCUT2D eigenvalue weighted by Gasteiger charge is -2.24. The second kappa shape index (κ2) is 8.86. The van der Waals surface area contributed by atoms with Crippen LogP contribution in [0.15, 0.2) is 30.3 Å². The highest BCUT2D eigenvalue weighted by molar-refractivity contribution is 6.00. The van der Waals surface area contributed by atoms with Crippen LogP contribution in [0.25, 0.3) is 12.8 Å². The highest BCUT2D eigenvalue weighted by Crippen LogP contribution is 2.42. The Morgan fingerprint density at radius 1 is 0.625 bits per heavy atom. The molecule has 0 aromatic heterocycles. The van der Waals surface area contributed by atoms with Gasteiger partial charge in [-0.05, 0) is 112 Å². The molecule has 0 radical (unpaired) electrons. The first kappa shape index (κ1) is 22.2. The van der Waals surface area contributed by atoms with Crippen LogP contribution in [0.2, 0.25) is 0 Å². The molecule has 1 N–H and O–H groups in total. The quantitative estimate of drug-likeness (QED) is 0.329. The van der Waals surface area contributed by atoms with E-state index in [-0.39, 0.29) is 0 Å². The maximum atomic E-state index is 8.25. The molecule has 0 heterocycles. The number of aryl methyl sites for hydroxylation is 8. The van der Waals surface area contributed by atoms with E-state index in [0.29, 0.717) is 5.76 Å². The molecular weight excluding hydrogens is 392 g/mol. The summed E-state index contributed by atoms with van der Waals surface area (Å²) in [5.74, 6) is 1.45. The van der Waals surface area contributed by atoms with Crippen molar-refractivity contribution in [1.82, 2.24) is 0 Å². The highest BCUT2D eigenvalue weighted by Gasteiger charge is 2.24. The molecule has 2 heteroatoms. The molecule has 0 spiro atoms. The second-order valence-electron chi connectivity index (χ2n) is 9.30. The summed E-state index contributed by atoms with van der Waals surface area (Å²) in [4.78, 5) is 0. The molecule has 0 saturated carbocycles. The zero-order valence-electron chi connectivity index (χ0n) is 22.2. The Morgan fingerprint density at radius 3 is 1.50 bits per heavy atom. The summed E-state index contributed by atoms with van der Waals surface area (Å²) >= 11 is 0. The van der Waals surface area contributed by atoms with Gasteiger partial charge in [0, 0.05) is 11.1 Å². The Hall–Kier alpha value is -3.00. The minimum atomic E-state index is 0.581. The number of aliphatic hydroxyl groups excluding tert-OH is 1. The number of methoxy groups -OCH3 is 1. The third kappa shape index (κ3) is 4.07. The molecule has 0 amide bonds. The van der Waals surface area contributed by atoms with Crippen molar-refractivity contribution >= 4 is 11.3 Å². The largest absolute Gasteiger partial charge is 0.507 e. The van der Waals surface area contributed by atoms with Gasteiger partial charge in [-0.25, -0.2) is 0 Å². The minimum Gasteiger partial charge on any atom is -0.507 e. The van der Waals surface area contributed by atoms with Crippen LogP contribution < -0.4 is 4.74 Å². The van der Waals surface area contributed by atoms with E-state index in [2.05, 4.69) is 92.6 Å². The number of aliphatic hydroxyl groups is 1. The summed E-state index contributed by atoms with van der Waals surface area (Å²) in [5.41, 5.74) is 14.3. The summed E-state index contributed by atoms with van der Waals surface area (Å²) in [6.45, 7) is 19.0. The fourth-order valence-electron chi connectivity index (χ4n) is 5.46. The number of ether oxygens (including phenoxy) is 1. The van der Waals surface area contributed by atoms with Crippen LogP contribution in [-0.4, -0.2) is 12.2 Å². The van der Waals surface area contributed by atoms with Gasteiger partial charge in [0.25, 0.3) is 1.43 Å². The average Bonchev–Trinajstić information content (AvgIpc) is 2.68. The Kier molecular flexibility index (Phi) is 6.15. The van der Waals surface area contributed by atoms with E-state index in [1.165, 1.54) is 11.1 Å². The first-order valence-corrected chi connectivity index (χ1v) is 11.2. The van der Waals surface area contributed by atoms with Crippen molar-refractivity contribution in [2.45, 2.75) is 62.3 Å². The smallest absolute Gasteiger partial charge is 0.293 e. The molecule has 0 bridgehead atoms. The standard InChI is InChI=1S/C30H36O2/c1-16-11-18(3)25(19(4)12-16)28(27-22(7)15-23(8)30(32-10)24(27)9)29(31)26-20(5)13-17(2)14-21(26)6/h11-15,31H,1-10H3/b29-28+/i/hD. The van der Waals surface area contributed by atoms with Gasteiger partial charge in [0.15, 0.2) is 0 Å². The first-order valence-electron chi connectivity index (χ1n) is 11.6. The van der Waals surface area contributed by atoms with Crippen molar-refractivity contribution in [3.05, 3.63) is 97.1 Å². The van der Waals surface area contributed by atoms with E-state index in [9.17, 15) is 0 Å². The van der Waals surface area contributed by atoms with Gasteiger partial charge >= 0.3 is 0 Å². The summed E-state index contributed by atoms with van der Waals surface area (Å²) in [6, 6.07) is 10.9. The van der Waals surface area contributed by atoms with Crippen molar-refractivity contribution < 1.29 is 9.85 Å². The molecule has 3 aromatic carbocycles. The lowest BCUT2D eigenvalue weighted by Crippen LogP contribution is -2.07. The zero-order valence-corrected chi connectivity index (χ0v) is 21.2. The number of rotatable bonds is 5. The summed E-state index contributed by atoms with van der Waals surface area (Å²) in [6.07, 6.45) is 0. The maximum Gasteiger partial charge on any atom is 0.293 e. The SMILES string of the molecule is [2H]O/C(=C(\c1c(C)cc(C)cc1C)c1c(C)cc(C)c(OC)c1C)c1c(C)cc(C)cc1C. The topological polar surface area (TPSA) is 29.5 Å². The van der Waals surface area contributed by atoms with Crippen LogP contribution in [0.1, 0.15) is 66.8 Å². The van der Waals surface area contributed by atoms with Gasteiger partial charge < -0.3 is 9.85 Å². The lowest BCUT2D eigenvalue weighted by molar-refractivity contribution is 0.408. The highest BCUT2D eigenvalue weighted by atomic mass is 16.5. The number of hydrogen-bond donors (Lipinski definition) is 1. The van der Waals surface area contributed by atoms with E-state index < -0.39 is 0 Å². The molecule has 0 atom stereocenters. The van der Waals surface area contributed by atoms with Crippen molar-refractivity contribution in [1.29, 1.82) is 1.43 Å². The minimum absolute atomic E-state index is 0.581. The second-order valence-corrected chi connectivity index (χ2v) is 9.30. The molecule has 0 aliphatic carbocycles. The van der Waals surface area contributed by atoms with Gasteiger partial charge in [0.1, 0.15) is 11.5 Å². The van der Waals surface area contributed by atoms with Crippen LogP contribution in [0.3, 0.4) is 0 Å². The summed E-state index contributed by atoms with van der Waals surface area (Å²) in [5, 5.41) is 5.55. The molecule has 2 nitrogen and oxygen atoms in total. The molecule has 0 fully saturated rings. The monoisotopic (exact) mass is 429 g/mol. The summed E-state index contributed by atoms with van der Waals surface area (Å²) < 4.78 is 14.1. The maximum absolute atomic E-state index is 8.25. The molecule has 32 heavy (non-hydrogen) atoms. The van der Waals surface area contributed by atoms with Crippen LogP contribution >= 0.6 is 0 Å². The molecule has 3 rings (SSSR count). The van der Waals surface area contributed by atoms with Crippen LogP contribution in [0, 0.1) is 62.3 Å². The van der Waals surface area contributed by atoms with Gasteiger partial charge in [-0.1, -0.05) is 41.5 Å². The Balaban J connectivity index is 2.61. The van der Waals surface area contributed by atoms with E-state index >= 15 is 0 Å². The van der Waals surface area contributed by atoms with Crippen molar-refractivity contribution in [2.24, 2.45) is 0 Å². The third-order valence-electron chi connectivity index (χ3n) is 6.41. The zero-order chi connectivity index (χ0) is 24.6. The van der Waals surface area contributed by atoms with Crippen molar-refractivity contribution in [3.63, 3.8) is 0 Å². The fourth-order valence-corrected chi connectivity index (χ4v) is 5.46. The predicted molar refractivity (Wildman–Crippen MR) is 137 cm³/mol. The number of benzene rings is 3. The van der Waals surface area contributed by atoms with Gasteiger partial charge in [-0.2, -0.15) is 0 Å². The first-order chi connectivity index (χ1) is 15.5. The molecule has 0 unspecified atom stereocenters. The fraction of sp³-hybridized carbons (Fsp3) is 0.333. The van der Waals surface area contributed by atoms with Crippen LogP contribution in [-0.2, 0) is 0 Å². The third-order valence-corrected chi connectivity index (χ3v) is 6.41. The molecule has 0 aliphatic heterocycles. The van der Waals surface area contributed by atoms with E-state index in [1.807, 2.05) is 0 Å². The van der Waals surface area contributed by atoms with E-state index in [1.54, 1.807) is 7.11 Å². The van der Waals surface area contributed by atoms with Crippen LogP contribution in [0.5, 0.6) is 5.75 Å². The number of hydrogen-bond acceptors (Lipinski definition) is 2. The van der Waals surface area contributed by atoms with E-state index in [4.69, 9.17) is 11.3 Å². The molecule has 0 aliphatic rings. The molecule has 168 valence electrons. The van der Waals surface area contributed by atoms with Crippen LogP contribution in [0.4, 0.5) is 0 Å². The molecular formula is C30H36O2. The van der Waals surface area contributed by atoms with Gasteiger partial charge in [-0.15, -0.1) is 0 Å². The van der Waals surface area contributed by atoms with Crippen molar-refractivity contribution in [2.75, 3.05) is 7.11 Å². The van der Waals surface area contributed by atoms with E-state index in [0.717, 1.165) is 67.0 Å². The summed E-state index contributed by atoms with van der Waals surface area (Å²) in [7, 11) is 1.72. The predicted octanol–water partition coefficient (Wildman–Crippen LogP) is 7.95.